The lowest BCUT2D eigenvalue weighted by Crippen LogP contribution is -2.62. The molecule has 4 nitrogen and oxygen atoms in total. The third-order valence-electron chi connectivity index (χ3n) is 6.30. The first kappa shape index (κ1) is 15.7. The molecule has 3 rings (SSSR count). The van der Waals surface area contributed by atoms with Crippen molar-refractivity contribution >= 4 is 0 Å². The summed E-state index contributed by atoms with van der Waals surface area (Å²) >= 11 is 0. The summed E-state index contributed by atoms with van der Waals surface area (Å²) in [4.78, 5) is 8.08. The van der Waals surface area contributed by atoms with Crippen molar-refractivity contribution in [3.63, 3.8) is 0 Å². The molecule has 21 heavy (non-hydrogen) atoms. The Labute approximate surface area is 130 Å². The van der Waals surface area contributed by atoms with Crippen LogP contribution in [0, 0.1) is 0 Å². The molecule has 0 aromatic carbocycles. The molecule has 0 aromatic heterocycles. The van der Waals surface area contributed by atoms with Crippen LogP contribution in [-0.4, -0.2) is 78.1 Å². The first-order chi connectivity index (χ1) is 10.1. The zero-order valence-corrected chi connectivity index (χ0v) is 14.1. The Morgan fingerprint density at radius 1 is 1.05 bits per heavy atom. The summed E-state index contributed by atoms with van der Waals surface area (Å²) in [6, 6.07) is 1.54. The summed E-state index contributed by atoms with van der Waals surface area (Å²) in [7, 11) is 0. The van der Waals surface area contributed by atoms with Gasteiger partial charge in [0.05, 0.1) is 0 Å². The third kappa shape index (κ3) is 3.14. The summed E-state index contributed by atoms with van der Waals surface area (Å²) in [6.07, 6.45) is 7.01. The van der Waals surface area contributed by atoms with Crippen molar-refractivity contribution in [1.29, 1.82) is 0 Å². The van der Waals surface area contributed by atoms with Crippen molar-refractivity contribution in [1.82, 2.24) is 14.7 Å². The maximum Gasteiger partial charge on any atom is 0.0471 e. The lowest BCUT2D eigenvalue weighted by molar-refractivity contribution is 0.0242. The van der Waals surface area contributed by atoms with Crippen LogP contribution in [0.5, 0.6) is 0 Å². The molecule has 4 heteroatoms. The first-order valence-corrected chi connectivity index (χ1v) is 9.08. The fourth-order valence-electron chi connectivity index (χ4n) is 4.71. The van der Waals surface area contributed by atoms with E-state index in [9.17, 15) is 0 Å². The van der Waals surface area contributed by atoms with E-state index in [1.807, 2.05) is 0 Å². The van der Waals surface area contributed by atoms with Gasteiger partial charge in [0.1, 0.15) is 0 Å². The van der Waals surface area contributed by atoms with Gasteiger partial charge in [-0.25, -0.2) is 0 Å². The Morgan fingerprint density at radius 3 is 2.24 bits per heavy atom. The number of rotatable bonds is 4. The molecule has 2 saturated heterocycles. The zero-order chi connectivity index (χ0) is 14.9. The first-order valence-electron chi connectivity index (χ1n) is 9.08. The molecule has 1 aliphatic carbocycles. The summed E-state index contributed by atoms with van der Waals surface area (Å²) in [6.45, 7) is 12.8. The number of nitrogens with two attached hydrogens (primary N) is 1. The van der Waals surface area contributed by atoms with Crippen LogP contribution in [-0.2, 0) is 0 Å². The highest BCUT2D eigenvalue weighted by atomic mass is 15.4. The number of piperazine rings is 1. The highest BCUT2D eigenvalue weighted by Crippen LogP contribution is 2.31. The molecular weight excluding hydrogens is 260 g/mol. The van der Waals surface area contributed by atoms with Crippen LogP contribution in [0.2, 0.25) is 0 Å². The number of likely N-dealkylation sites (tertiary alicyclic amines) is 1. The van der Waals surface area contributed by atoms with Crippen LogP contribution < -0.4 is 5.73 Å². The van der Waals surface area contributed by atoms with Crippen LogP contribution >= 0.6 is 0 Å². The monoisotopic (exact) mass is 294 g/mol. The van der Waals surface area contributed by atoms with Crippen LogP contribution in [0.4, 0.5) is 0 Å². The van der Waals surface area contributed by atoms with Gasteiger partial charge in [0.25, 0.3) is 0 Å². The van der Waals surface area contributed by atoms with Crippen molar-refractivity contribution in [3.05, 3.63) is 0 Å². The largest absolute Gasteiger partial charge is 0.329 e. The molecule has 3 fully saturated rings. The molecule has 1 saturated carbocycles. The van der Waals surface area contributed by atoms with Crippen LogP contribution in [0.1, 0.15) is 46.0 Å². The summed E-state index contributed by atoms with van der Waals surface area (Å²) in [5, 5.41) is 0. The van der Waals surface area contributed by atoms with E-state index in [1.165, 1.54) is 71.4 Å². The molecule has 122 valence electrons. The predicted octanol–water partition coefficient (Wildman–Crippen LogP) is 1.36. The van der Waals surface area contributed by atoms with E-state index < -0.39 is 0 Å². The molecule has 1 unspecified atom stereocenters. The predicted molar refractivity (Wildman–Crippen MR) is 88.5 cm³/mol. The molecule has 1 atom stereocenters. The Hall–Kier alpha value is -0.160. The van der Waals surface area contributed by atoms with E-state index in [2.05, 4.69) is 28.5 Å². The molecule has 3 aliphatic rings. The molecule has 2 N–H and O–H groups in total. The molecule has 0 amide bonds. The van der Waals surface area contributed by atoms with Gasteiger partial charge in [0.2, 0.25) is 0 Å². The Kier molecular flexibility index (Phi) is 4.89. The second-order valence-electron chi connectivity index (χ2n) is 7.70. The van der Waals surface area contributed by atoms with Gasteiger partial charge >= 0.3 is 0 Å². The molecule has 0 bridgehead atoms. The minimum Gasteiger partial charge on any atom is -0.329 e. The lowest BCUT2D eigenvalue weighted by Gasteiger charge is -2.47. The standard InChI is InChI=1S/C17H34N4/c1-15(2)20-8-7-17(13-18,14-20)21-11-9-19(10-12-21)16-5-3-4-6-16/h15-16H,3-14,18H2,1-2H3. The second-order valence-corrected chi connectivity index (χ2v) is 7.70. The lowest BCUT2D eigenvalue weighted by atomic mass is 9.95. The van der Waals surface area contributed by atoms with Gasteiger partial charge < -0.3 is 5.73 Å². The van der Waals surface area contributed by atoms with Crippen LogP contribution in [0.15, 0.2) is 0 Å². The second kappa shape index (κ2) is 6.53. The number of hydrogen-bond acceptors (Lipinski definition) is 4. The van der Waals surface area contributed by atoms with Crippen molar-refractivity contribution < 1.29 is 0 Å². The number of hydrogen-bond donors (Lipinski definition) is 1. The average Bonchev–Trinajstić information content (AvgIpc) is 3.18. The van der Waals surface area contributed by atoms with Crippen molar-refractivity contribution in [2.24, 2.45) is 5.73 Å². The SMILES string of the molecule is CC(C)N1CCC(CN)(N2CCN(C3CCCC3)CC2)C1. The summed E-state index contributed by atoms with van der Waals surface area (Å²) < 4.78 is 0. The minimum absolute atomic E-state index is 0.256. The van der Waals surface area contributed by atoms with Crippen molar-refractivity contribution in [2.75, 3.05) is 45.8 Å². The maximum atomic E-state index is 6.24. The van der Waals surface area contributed by atoms with Gasteiger partial charge in [-0.15, -0.1) is 0 Å². The van der Waals surface area contributed by atoms with E-state index in [0.29, 0.717) is 6.04 Å². The maximum absolute atomic E-state index is 6.24. The minimum atomic E-state index is 0.256. The third-order valence-corrected chi connectivity index (χ3v) is 6.30. The van der Waals surface area contributed by atoms with Crippen LogP contribution in [0.3, 0.4) is 0 Å². The quantitative estimate of drug-likeness (QED) is 0.849. The van der Waals surface area contributed by atoms with Crippen molar-refractivity contribution in [2.45, 2.75) is 63.6 Å². The normalized spacial score (nSPS) is 34.3. The fourth-order valence-corrected chi connectivity index (χ4v) is 4.71. The van der Waals surface area contributed by atoms with E-state index >= 15 is 0 Å². The Balaban J connectivity index is 1.57. The zero-order valence-electron chi connectivity index (χ0n) is 14.1. The smallest absolute Gasteiger partial charge is 0.0471 e. The summed E-state index contributed by atoms with van der Waals surface area (Å²) in [5.41, 5.74) is 6.49. The molecule has 0 spiro atoms. The molecule has 0 radical (unpaired) electrons. The highest BCUT2D eigenvalue weighted by Gasteiger charge is 2.43. The van der Waals surface area contributed by atoms with Gasteiger partial charge in [-0.3, -0.25) is 14.7 Å². The van der Waals surface area contributed by atoms with E-state index in [0.717, 1.165) is 12.6 Å². The highest BCUT2D eigenvalue weighted by molar-refractivity contribution is 5.02. The fraction of sp³-hybridized carbons (Fsp3) is 1.00. The molecule has 2 aliphatic heterocycles. The average molecular weight is 294 g/mol. The van der Waals surface area contributed by atoms with Gasteiger partial charge in [-0.1, -0.05) is 12.8 Å². The topological polar surface area (TPSA) is 35.7 Å². The molecule has 2 heterocycles. The summed E-state index contributed by atoms with van der Waals surface area (Å²) in [5.74, 6) is 0. The van der Waals surface area contributed by atoms with Gasteiger partial charge in [-0.05, 0) is 33.1 Å². The van der Waals surface area contributed by atoms with Gasteiger partial charge in [0, 0.05) is 63.4 Å². The van der Waals surface area contributed by atoms with Gasteiger partial charge in [-0.2, -0.15) is 0 Å². The molecular formula is C17H34N4. The Morgan fingerprint density at radius 2 is 1.71 bits per heavy atom. The van der Waals surface area contributed by atoms with Gasteiger partial charge in [0.15, 0.2) is 0 Å². The van der Waals surface area contributed by atoms with E-state index in [4.69, 9.17) is 5.73 Å². The Bertz CT molecular complexity index is 332. The van der Waals surface area contributed by atoms with E-state index in [-0.39, 0.29) is 5.54 Å². The van der Waals surface area contributed by atoms with Crippen LogP contribution in [0.25, 0.3) is 0 Å². The number of nitrogens with zero attached hydrogens (tertiary/aromatic N) is 3. The van der Waals surface area contributed by atoms with E-state index in [1.54, 1.807) is 0 Å². The molecule has 0 aromatic rings. The van der Waals surface area contributed by atoms with Crippen molar-refractivity contribution in [3.8, 4) is 0 Å².